The standard InChI is InChI=1S/C14H17N/c1-10-4-3-5-11(2)14(10)12-6-8-13(15)9-7-12/h3-6,8-9,12H,7,15H2,1-2H3. The Hall–Kier alpha value is -1.50. The highest BCUT2D eigenvalue weighted by Gasteiger charge is 2.14. The molecule has 0 radical (unpaired) electrons. The highest BCUT2D eigenvalue weighted by Crippen LogP contribution is 2.30. The van der Waals surface area contributed by atoms with Gasteiger partial charge in [0.25, 0.3) is 0 Å². The van der Waals surface area contributed by atoms with Gasteiger partial charge in [-0.1, -0.05) is 30.4 Å². The Morgan fingerprint density at radius 3 is 2.40 bits per heavy atom. The molecule has 1 atom stereocenters. The molecule has 1 aliphatic rings. The number of hydrogen-bond acceptors (Lipinski definition) is 1. The molecule has 2 rings (SSSR count). The van der Waals surface area contributed by atoms with Crippen LogP contribution in [0.4, 0.5) is 0 Å². The molecule has 1 heteroatoms. The molecule has 78 valence electrons. The quantitative estimate of drug-likeness (QED) is 0.738. The Labute approximate surface area is 91.3 Å². The van der Waals surface area contributed by atoms with E-state index in [0.29, 0.717) is 5.92 Å². The zero-order valence-corrected chi connectivity index (χ0v) is 9.33. The van der Waals surface area contributed by atoms with E-state index in [1.165, 1.54) is 16.7 Å². The maximum atomic E-state index is 5.73. The fraction of sp³-hybridized carbons (Fsp3) is 0.286. The fourth-order valence-corrected chi connectivity index (χ4v) is 2.26. The van der Waals surface area contributed by atoms with Crippen LogP contribution in [0.2, 0.25) is 0 Å². The van der Waals surface area contributed by atoms with E-state index in [2.05, 4.69) is 44.2 Å². The molecule has 0 spiro atoms. The molecule has 1 aliphatic carbocycles. The molecule has 0 aliphatic heterocycles. The minimum absolute atomic E-state index is 0.499. The lowest BCUT2D eigenvalue weighted by Gasteiger charge is -2.19. The van der Waals surface area contributed by atoms with Crippen molar-refractivity contribution in [2.45, 2.75) is 26.2 Å². The smallest absolute Gasteiger partial charge is 0.0270 e. The largest absolute Gasteiger partial charge is 0.399 e. The van der Waals surface area contributed by atoms with E-state index in [4.69, 9.17) is 5.73 Å². The van der Waals surface area contributed by atoms with Crippen LogP contribution in [0.1, 0.15) is 29.0 Å². The maximum Gasteiger partial charge on any atom is 0.0270 e. The molecule has 0 aromatic heterocycles. The van der Waals surface area contributed by atoms with E-state index < -0.39 is 0 Å². The summed E-state index contributed by atoms with van der Waals surface area (Å²) in [6, 6.07) is 6.47. The van der Waals surface area contributed by atoms with E-state index in [1.807, 2.05) is 6.08 Å². The highest BCUT2D eigenvalue weighted by atomic mass is 14.6. The van der Waals surface area contributed by atoms with Gasteiger partial charge in [0.2, 0.25) is 0 Å². The topological polar surface area (TPSA) is 26.0 Å². The van der Waals surface area contributed by atoms with Gasteiger partial charge in [-0.05, 0) is 43.0 Å². The van der Waals surface area contributed by atoms with E-state index >= 15 is 0 Å². The molecule has 1 aromatic carbocycles. The van der Waals surface area contributed by atoms with Gasteiger partial charge in [0.05, 0.1) is 0 Å². The summed E-state index contributed by atoms with van der Waals surface area (Å²) in [7, 11) is 0. The molecule has 1 aromatic rings. The number of benzene rings is 1. The SMILES string of the molecule is Cc1cccc(C)c1C1C=CC(N)=CC1. The number of allylic oxidation sites excluding steroid dienone is 3. The van der Waals surface area contributed by atoms with Gasteiger partial charge in [0, 0.05) is 11.6 Å². The Balaban J connectivity index is 2.36. The maximum absolute atomic E-state index is 5.73. The van der Waals surface area contributed by atoms with Gasteiger partial charge in [0.15, 0.2) is 0 Å². The molecular formula is C14H17N. The summed E-state index contributed by atoms with van der Waals surface area (Å²) >= 11 is 0. The van der Waals surface area contributed by atoms with Crippen molar-refractivity contribution in [1.82, 2.24) is 0 Å². The second-order valence-corrected chi connectivity index (χ2v) is 4.21. The van der Waals surface area contributed by atoms with Gasteiger partial charge < -0.3 is 5.73 Å². The molecule has 1 nitrogen and oxygen atoms in total. The van der Waals surface area contributed by atoms with Crippen molar-refractivity contribution in [3.63, 3.8) is 0 Å². The van der Waals surface area contributed by atoms with Crippen LogP contribution >= 0.6 is 0 Å². The lowest BCUT2D eigenvalue weighted by Crippen LogP contribution is -2.06. The highest BCUT2D eigenvalue weighted by molar-refractivity contribution is 5.41. The molecular weight excluding hydrogens is 182 g/mol. The van der Waals surface area contributed by atoms with Crippen LogP contribution < -0.4 is 5.73 Å². The molecule has 0 saturated heterocycles. The van der Waals surface area contributed by atoms with Crippen LogP contribution in [-0.4, -0.2) is 0 Å². The third kappa shape index (κ3) is 1.96. The first-order valence-electron chi connectivity index (χ1n) is 5.38. The summed E-state index contributed by atoms with van der Waals surface area (Å²) in [4.78, 5) is 0. The first-order valence-corrected chi connectivity index (χ1v) is 5.38. The average molecular weight is 199 g/mol. The lowest BCUT2D eigenvalue weighted by molar-refractivity contribution is 0.826. The van der Waals surface area contributed by atoms with Crippen LogP contribution in [0.25, 0.3) is 0 Å². The number of rotatable bonds is 1. The molecule has 0 amide bonds. The van der Waals surface area contributed by atoms with Crippen LogP contribution in [0.3, 0.4) is 0 Å². The van der Waals surface area contributed by atoms with Crippen molar-refractivity contribution in [3.05, 3.63) is 58.8 Å². The van der Waals surface area contributed by atoms with Gasteiger partial charge in [-0.25, -0.2) is 0 Å². The molecule has 1 unspecified atom stereocenters. The zero-order chi connectivity index (χ0) is 10.8. The molecule has 0 saturated carbocycles. The minimum Gasteiger partial charge on any atom is -0.399 e. The average Bonchev–Trinajstić information content (AvgIpc) is 2.20. The minimum atomic E-state index is 0.499. The number of aryl methyl sites for hydroxylation is 2. The monoisotopic (exact) mass is 199 g/mol. The summed E-state index contributed by atoms with van der Waals surface area (Å²) in [5, 5.41) is 0. The van der Waals surface area contributed by atoms with Crippen LogP contribution in [0.5, 0.6) is 0 Å². The Kier molecular flexibility index (Phi) is 2.63. The fourth-order valence-electron chi connectivity index (χ4n) is 2.26. The van der Waals surface area contributed by atoms with Gasteiger partial charge in [-0.3, -0.25) is 0 Å². The molecule has 0 fully saturated rings. The normalized spacial score (nSPS) is 20.1. The summed E-state index contributed by atoms with van der Waals surface area (Å²) in [5.74, 6) is 0.499. The third-order valence-electron chi connectivity index (χ3n) is 3.04. The summed E-state index contributed by atoms with van der Waals surface area (Å²) in [6.07, 6.45) is 7.36. The molecule has 2 N–H and O–H groups in total. The molecule has 0 bridgehead atoms. The van der Waals surface area contributed by atoms with Crippen molar-refractivity contribution in [1.29, 1.82) is 0 Å². The first-order chi connectivity index (χ1) is 7.18. The van der Waals surface area contributed by atoms with Gasteiger partial charge in [0.1, 0.15) is 0 Å². The van der Waals surface area contributed by atoms with Crippen molar-refractivity contribution < 1.29 is 0 Å². The van der Waals surface area contributed by atoms with Gasteiger partial charge in [-0.2, -0.15) is 0 Å². The Bertz CT molecular complexity index is 407. The molecule has 15 heavy (non-hydrogen) atoms. The van der Waals surface area contributed by atoms with Crippen molar-refractivity contribution in [3.8, 4) is 0 Å². The summed E-state index contributed by atoms with van der Waals surface area (Å²) in [5.41, 5.74) is 10.8. The van der Waals surface area contributed by atoms with Gasteiger partial charge in [-0.15, -0.1) is 0 Å². The second-order valence-electron chi connectivity index (χ2n) is 4.21. The van der Waals surface area contributed by atoms with E-state index in [9.17, 15) is 0 Å². The number of nitrogens with two attached hydrogens (primary N) is 1. The summed E-state index contributed by atoms with van der Waals surface area (Å²) < 4.78 is 0. The van der Waals surface area contributed by atoms with E-state index in [1.54, 1.807) is 0 Å². The Morgan fingerprint density at radius 1 is 1.20 bits per heavy atom. The van der Waals surface area contributed by atoms with Crippen LogP contribution in [0, 0.1) is 13.8 Å². The summed E-state index contributed by atoms with van der Waals surface area (Å²) in [6.45, 7) is 4.36. The lowest BCUT2D eigenvalue weighted by atomic mass is 9.86. The van der Waals surface area contributed by atoms with Crippen molar-refractivity contribution in [2.75, 3.05) is 0 Å². The second kappa shape index (κ2) is 3.93. The van der Waals surface area contributed by atoms with Crippen molar-refractivity contribution in [2.24, 2.45) is 5.73 Å². The number of hydrogen-bond donors (Lipinski definition) is 1. The van der Waals surface area contributed by atoms with Crippen molar-refractivity contribution >= 4 is 0 Å². The van der Waals surface area contributed by atoms with Gasteiger partial charge >= 0.3 is 0 Å². The van der Waals surface area contributed by atoms with E-state index in [-0.39, 0.29) is 0 Å². The van der Waals surface area contributed by atoms with Crippen LogP contribution in [0.15, 0.2) is 42.1 Å². The zero-order valence-electron chi connectivity index (χ0n) is 9.33. The van der Waals surface area contributed by atoms with E-state index in [0.717, 1.165) is 12.1 Å². The van der Waals surface area contributed by atoms with Crippen LogP contribution in [-0.2, 0) is 0 Å². The predicted octanol–water partition coefficient (Wildman–Crippen LogP) is 3.19. The third-order valence-corrected chi connectivity index (χ3v) is 3.04. The Morgan fingerprint density at radius 2 is 1.87 bits per heavy atom. The molecule has 0 heterocycles. The predicted molar refractivity (Wildman–Crippen MR) is 64.7 cm³/mol. The first kappa shape index (κ1) is 10.0.